The van der Waals surface area contributed by atoms with Gasteiger partial charge in [0.15, 0.2) is 0 Å². The van der Waals surface area contributed by atoms with Crippen LogP contribution in [0.2, 0.25) is 0 Å². The average Bonchev–Trinajstić information content (AvgIpc) is 3.55. The fourth-order valence-electron chi connectivity index (χ4n) is 6.80. The first-order valence-corrected chi connectivity index (χ1v) is 12.6. The van der Waals surface area contributed by atoms with Crippen molar-refractivity contribution in [2.45, 2.75) is 69.0 Å². The molecule has 1 saturated carbocycles. The van der Waals surface area contributed by atoms with E-state index in [1.807, 2.05) is 43.1 Å². The summed E-state index contributed by atoms with van der Waals surface area (Å²) in [7, 11) is 0. The molecule has 1 aliphatic carbocycles. The third-order valence-electron chi connectivity index (χ3n) is 8.53. The lowest BCUT2D eigenvalue weighted by Crippen LogP contribution is -2.63. The van der Waals surface area contributed by atoms with E-state index in [1.165, 1.54) is 5.56 Å². The predicted molar refractivity (Wildman–Crippen MR) is 127 cm³/mol. The average molecular weight is 478 g/mol. The van der Waals surface area contributed by atoms with Crippen molar-refractivity contribution in [3.05, 3.63) is 47.4 Å². The Bertz CT molecular complexity index is 1280. The van der Waals surface area contributed by atoms with Crippen molar-refractivity contribution in [2.75, 3.05) is 26.4 Å². The predicted octanol–water partition coefficient (Wildman–Crippen LogP) is 2.36. The van der Waals surface area contributed by atoms with Gasteiger partial charge in [-0.15, -0.1) is 5.10 Å². The Morgan fingerprint density at radius 3 is 2.94 bits per heavy atom. The van der Waals surface area contributed by atoms with Crippen LogP contribution in [0.4, 0.5) is 0 Å². The van der Waals surface area contributed by atoms with Crippen LogP contribution in [0.15, 0.2) is 30.6 Å². The molecule has 184 valence electrons. The molecule has 4 aliphatic heterocycles. The second-order valence-corrected chi connectivity index (χ2v) is 10.8. The van der Waals surface area contributed by atoms with E-state index in [4.69, 9.17) is 14.2 Å². The molecule has 2 aromatic heterocycles. The number of hydrogen-bond acceptors (Lipinski definition) is 8. The standard InChI is InChI=1S/C26H31N5O4/c1-16(32)24-11-34-15-26-12-25(13-26,14-30(24)26)31-9-23(28-29-31)17(2)35-19-3-4-22-21(7-19)20-5-6-33-10-18(20)8-27-22/h3-4,7-9,16-17,24,32H,5-6,10-15H2,1-2H3/t16?,17-,24?,25?,26?/m1/s1. The van der Waals surface area contributed by atoms with Crippen LogP contribution in [-0.4, -0.2) is 74.0 Å². The molecular formula is C26H31N5O4. The number of pyridine rings is 1. The van der Waals surface area contributed by atoms with Gasteiger partial charge in [0.05, 0.1) is 55.8 Å². The first-order chi connectivity index (χ1) is 17.0. The molecule has 9 nitrogen and oxygen atoms in total. The van der Waals surface area contributed by atoms with E-state index in [-0.39, 0.29) is 23.2 Å². The zero-order chi connectivity index (χ0) is 23.8. The van der Waals surface area contributed by atoms with Gasteiger partial charge in [0.1, 0.15) is 17.5 Å². The number of aliphatic hydroxyl groups is 1. The molecule has 6 heterocycles. The van der Waals surface area contributed by atoms with Gasteiger partial charge in [-0.3, -0.25) is 9.88 Å². The third-order valence-corrected chi connectivity index (χ3v) is 8.53. The molecular weight excluding hydrogens is 446 g/mol. The molecule has 1 N–H and O–H groups in total. The summed E-state index contributed by atoms with van der Waals surface area (Å²) in [5.41, 5.74) is 4.20. The number of fused-ring (bicyclic) bond motifs is 3. The summed E-state index contributed by atoms with van der Waals surface area (Å²) < 4.78 is 19.8. The Hall–Kier alpha value is -2.59. The Morgan fingerprint density at radius 2 is 2.09 bits per heavy atom. The van der Waals surface area contributed by atoms with Crippen molar-refractivity contribution in [1.82, 2.24) is 24.9 Å². The summed E-state index contributed by atoms with van der Waals surface area (Å²) in [5, 5.41) is 20.4. The maximum Gasteiger partial charge on any atom is 0.141 e. The molecule has 8 rings (SSSR count). The molecule has 5 aliphatic rings. The lowest BCUT2D eigenvalue weighted by atomic mass is 9.67. The number of aliphatic hydroxyl groups excluding tert-OH is 1. The molecule has 0 radical (unpaired) electrons. The van der Waals surface area contributed by atoms with Gasteiger partial charge in [-0.1, -0.05) is 5.21 Å². The van der Waals surface area contributed by atoms with E-state index < -0.39 is 6.10 Å². The molecule has 35 heavy (non-hydrogen) atoms. The first-order valence-electron chi connectivity index (χ1n) is 12.6. The van der Waals surface area contributed by atoms with Gasteiger partial charge in [-0.25, -0.2) is 4.68 Å². The molecule has 4 fully saturated rings. The molecule has 3 saturated heterocycles. The molecule has 0 amide bonds. The van der Waals surface area contributed by atoms with Crippen LogP contribution in [0, 0.1) is 0 Å². The van der Waals surface area contributed by atoms with Gasteiger partial charge < -0.3 is 19.3 Å². The Balaban J connectivity index is 1.11. The van der Waals surface area contributed by atoms with Crippen LogP contribution in [0.3, 0.4) is 0 Å². The summed E-state index contributed by atoms with van der Waals surface area (Å²) in [6.07, 6.45) is 6.16. The highest BCUT2D eigenvalue weighted by Crippen LogP contribution is 2.59. The normalized spacial score (nSPS) is 31.5. The molecule has 1 aromatic carbocycles. The molecule has 3 aromatic rings. The Labute approximate surface area is 204 Å². The van der Waals surface area contributed by atoms with Gasteiger partial charge in [-0.2, -0.15) is 0 Å². The Kier molecular flexibility index (Phi) is 4.77. The van der Waals surface area contributed by atoms with Crippen molar-refractivity contribution in [1.29, 1.82) is 0 Å². The summed E-state index contributed by atoms with van der Waals surface area (Å²) >= 11 is 0. The molecule has 3 atom stereocenters. The van der Waals surface area contributed by atoms with E-state index in [1.54, 1.807) is 0 Å². The first kappa shape index (κ1) is 21.7. The van der Waals surface area contributed by atoms with E-state index >= 15 is 0 Å². The van der Waals surface area contributed by atoms with Crippen molar-refractivity contribution >= 4 is 10.9 Å². The SMILES string of the molecule is CC(O)C1COCC23CC(n4cc([C@@H](C)Oc5ccc6ncc7c(c6c5)CCOC7)nn4)(CN12)C3. The van der Waals surface area contributed by atoms with Crippen LogP contribution in [0.1, 0.15) is 49.6 Å². The van der Waals surface area contributed by atoms with E-state index in [0.29, 0.717) is 13.2 Å². The molecule has 2 unspecified atom stereocenters. The summed E-state index contributed by atoms with van der Waals surface area (Å²) in [5.74, 6) is 0.803. The third kappa shape index (κ3) is 3.25. The zero-order valence-electron chi connectivity index (χ0n) is 20.2. The monoisotopic (exact) mass is 477 g/mol. The largest absolute Gasteiger partial charge is 0.484 e. The topological polar surface area (TPSA) is 94.8 Å². The highest BCUT2D eigenvalue weighted by atomic mass is 16.5. The van der Waals surface area contributed by atoms with Crippen molar-refractivity contribution in [2.24, 2.45) is 0 Å². The number of morpholine rings is 1. The fraction of sp³-hybridized carbons (Fsp3) is 0.577. The van der Waals surface area contributed by atoms with Gasteiger partial charge in [-0.05, 0) is 62.4 Å². The van der Waals surface area contributed by atoms with Crippen LogP contribution in [0.5, 0.6) is 5.75 Å². The number of nitrogens with zero attached hydrogens (tertiary/aromatic N) is 5. The highest BCUT2D eigenvalue weighted by molar-refractivity contribution is 5.84. The summed E-state index contributed by atoms with van der Waals surface area (Å²) in [6, 6.07) is 6.12. The number of ether oxygens (including phenoxy) is 3. The lowest BCUT2D eigenvalue weighted by molar-refractivity contribution is -0.125. The quantitative estimate of drug-likeness (QED) is 0.599. The highest BCUT2D eigenvalue weighted by Gasteiger charge is 2.69. The van der Waals surface area contributed by atoms with E-state index in [2.05, 4.69) is 26.3 Å². The van der Waals surface area contributed by atoms with E-state index in [0.717, 1.165) is 66.9 Å². The van der Waals surface area contributed by atoms with Gasteiger partial charge in [0, 0.05) is 23.7 Å². The van der Waals surface area contributed by atoms with Crippen LogP contribution in [-0.2, 0) is 28.0 Å². The second-order valence-electron chi connectivity index (χ2n) is 10.8. The minimum atomic E-state index is -0.418. The minimum Gasteiger partial charge on any atom is -0.484 e. The van der Waals surface area contributed by atoms with Crippen molar-refractivity contribution < 1.29 is 19.3 Å². The lowest BCUT2D eigenvalue weighted by Gasteiger charge is -2.51. The number of hydrogen-bond donors (Lipinski definition) is 1. The van der Waals surface area contributed by atoms with Crippen LogP contribution >= 0.6 is 0 Å². The molecule has 1 spiro atoms. The zero-order valence-corrected chi connectivity index (χ0v) is 20.2. The van der Waals surface area contributed by atoms with Crippen molar-refractivity contribution in [3.63, 3.8) is 0 Å². The smallest absolute Gasteiger partial charge is 0.141 e. The number of aromatic nitrogens is 4. The van der Waals surface area contributed by atoms with E-state index in [9.17, 15) is 5.11 Å². The summed E-state index contributed by atoms with van der Waals surface area (Å²) in [4.78, 5) is 7.04. The Morgan fingerprint density at radius 1 is 1.20 bits per heavy atom. The number of benzene rings is 1. The minimum absolute atomic E-state index is 0.0252. The molecule has 9 heteroatoms. The summed E-state index contributed by atoms with van der Waals surface area (Å²) in [6.45, 7) is 7.41. The molecule has 2 bridgehead atoms. The van der Waals surface area contributed by atoms with Gasteiger partial charge in [0.25, 0.3) is 0 Å². The van der Waals surface area contributed by atoms with Gasteiger partial charge in [0.2, 0.25) is 0 Å². The van der Waals surface area contributed by atoms with Gasteiger partial charge >= 0.3 is 0 Å². The number of rotatable bonds is 5. The van der Waals surface area contributed by atoms with Crippen molar-refractivity contribution in [3.8, 4) is 5.75 Å². The maximum atomic E-state index is 10.3. The van der Waals surface area contributed by atoms with Crippen LogP contribution < -0.4 is 4.74 Å². The van der Waals surface area contributed by atoms with Crippen LogP contribution in [0.25, 0.3) is 10.9 Å². The fourth-order valence-corrected chi connectivity index (χ4v) is 6.80. The maximum absolute atomic E-state index is 10.3. The second kappa shape index (κ2) is 7.70.